The number of esters is 2. The lowest BCUT2D eigenvalue weighted by Crippen LogP contribution is -2.47. The number of benzene rings is 1. The molecule has 1 aliphatic rings. The second-order valence-corrected chi connectivity index (χ2v) is 7.23. The molecule has 1 heterocycles. The number of rotatable bonds is 3. The predicted molar refractivity (Wildman–Crippen MR) is 86.6 cm³/mol. The summed E-state index contributed by atoms with van der Waals surface area (Å²) >= 11 is 17.7. The Balaban J connectivity index is 2.77. The van der Waals surface area contributed by atoms with Crippen LogP contribution in [0.2, 0.25) is 0 Å². The van der Waals surface area contributed by atoms with Crippen LogP contribution in [0.3, 0.4) is 0 Å². The van der Waals surface area contributed by atoms with E-state index >= 15 is 0 Å². The lowest BCUT2D eigenvalue weighted by atomic mass is 9.82. The van der Waals surface area contributed by atoms with E-state index < -0.39 is 38.8 Å². The van der Waals surface area contributed by atoms with Gasteiger partial charge in [-0.2, -0.15) is 0 Å². The van der Waals surface area contributed by atoms with Gasteiger partial charge in [0.1, 0.15) is 5.57 Å². The van der Waals surface area contributed by atoms with Gasteiger partial charge in [-0.25, -0.2) is 9.59 Å². The molecule has 0 bridgehead atoms. The van der Waals surface area contributed by atoms with Crippen LogP contribution in [-0.2, 0) is 29.4 Å². The predicted octanol–water partition coefficient (Wildman–Crippen LogP) is 2.24. The zero-order chi connectivity index (χ0) is 18.1. The first kappa shape index (κ1) is 18.9. The van der Waals surface area contributed by atoms with Crippen LogP contribution in [0.5, 0.6) is 0 Å². The van der Waals surface area contributed by atoms with Gasteiger partial charge in [-0.15, -0.1) is 0 Å². The molecule has 0 radical (unpaired) electrons. The largest absolute Gasteiger partial charge is 0.474 e. The van der Waals surface area contributed by atoms with Crippen molar-refractivity contribution in [1.82, 2.24) is 0 Å². The zero-order valence-electron chi connectivity index (χ0n) is 12.6. The number of methoxy groups -OCH3 is 2. The number of alkyl halides is 3. The monoisotopic (exact) mass is 394 g/mol. The lowest BCUT2D eigenvalue weighted by molar-refractivity contribution is -0.142. The summed E-state index contributed by atoms with van der Waals surface area (Å²) in [4.78, 5) is 24.2. The molecule has 0 aromatic heterocycles. The van der Waals surface area contributed by atoms with E-state index in [-0.39, 0.29) is 5.56 Å². The zero-order valence-corrected chi connectivity index (χ0v) is 14.9. The summed E-state index contributed by atoms with van der Waals surface area (Å²) in [6, 6.07) is 7.89. The van der Waals surface area contributed by atoms with Crippen molar-refractivity contribution in [1.29, 1.82) is 0 Å². The third-order valence-electron chi connectivity index (χ3n) is 3.49. The second kappa shape index (κ2) is 6.80. The van der Waals surface area contributed by atoms with Crippen molar-refractivity contribution >= 4 is 46.7 Å². The fraction of sp³-hybridized carbons (Fsp3) is 0.333. The Morgan fingerprint density at radius 3 is 2.12 bits per heavy atom. The van der Waals surface area contributed by atoms with Crippen LogP contribution in [0, 0.1) is 0 Å². The molecule has 9 heteroatoms. The third kappa shape index (κ3) is 3.07. The number of hydrogen-bond donors (Lipinski definition) is 1. The number of carbonyl (C=O) groups excluding carboxylic acids is 2. The van der Waals surface area contributed by atoms with Gasteiger partial charge in [0.2, 0.25) is 9.55 Å². The maximum absolute atomic E-state index is 12.2. The summed E-state index contributed by atoms with van der Waals surface area (Å²) in [5.41, 5.74) is -2.55. The summed E-state index contributed by atoms with van der Waals surface area (Å²) in [7, 11) is 2.16. The Bertz CT molecular complexity index is 682. The SMILES string of the molecule is COC(=O)C1=C(C(=O)OC)[C@@](O)(c2ccccc2)[C@H](C(Cl)(Cl)Cl)O1. The number of ether oxygens (including phenoxy) is 3. The number of aliphatic hydroxyl groups is 1. The normalized spacial score (nSPS) is 23.7. The molecular weight excluding hydrogens is 383 g/mol. The van der Waals surface area contributed by atoms with Crippen molar-refractivity contribution in [3.8, 4) is 0 Å². The van der Waals surface area contributed by atoms with Crippen LogP contribution >= 0.6 is 34.8 Å². The quantitative estimate of drug-likeness (QED) is 0.624. The molecule has 0 amide bonds. The first-order valence-electron chi connectivity index (χ1n) is 6.60. The van der Waals surface area contributed by atoms with Gasteiger partial charge in [0.05, 0.1) is 14.2 Å². The number of halogens is 3. The average Bonchev–Trinajstić information content (AvgIpc) is 2.89. The fourth-order valence-electron chi connectivity index (χ4n) is 2.45. The van der Waals surface area contributed by atoms with Gasteiger partial charge in [0.25, 0.3) is 0 Å². The van der Waals surface area contributed by atoms with Gasteiger partial charge in [-0.3, -0.25) is 0 Å². The summed E-state index contributed by atoms with van der Waals surface area (Å²) in [5.74, 6) is -2.60. The molecule has 1 aliphatic heterocycles. The molecule has 0 saturated carbocycles. The minimum absolute atomic E-state index is 0.181. The van der Waals surface area contributed by atoms with Gasteiger partial charge < -0.3 is 19.3 Å². The van der Waals surface area contributed by atoms with Crippen molar-refractivity contribution in [3.05, 3.63) is 47.2 Å². The van der Waals surface area contributed by atoms with Crippen molar-refractivity contribution in [2.45, 2.75) is 15.5 Å². The van der Waals surface area contributed by atoms with Crippen molar-refractivity contribution in [2.75, 3.05) is 14.2 Å². The van der Waals surface area contributed by atoms with E-state index in [0.29, 0.717) is 0 Å². The van der Waals surface area contributed by atoms with E-state index in [1.54, 1.807) is 18.2 Å². The van der Waals surface area contributed by atoms with Gasteiger partial charge in [0.15, 0.2) is 11.7 Å². The van der Waals surface area contributed by atoms with Crippen molar-refractivity contribution < 1.29 is 28.9 Å². The van der Waals surface area contributed by atoms with E-state index in [0.717, 1.165) is 14.2 Å². The van der Waals surface area contributed by atoms with Crippen molar-refractivity contribution in [2.24, 2.45) is 0 Å². The van der Waals surface area contributed by atoms with E-state index in [1.807, 2.05) is 0 Å². The maximum atomic E-state index is 12.2. The molecule has 24 heavy (non-hydrogen) atoms. The van der Waals surface area contributed by atoms with Crippen LogP contribution in [0.15, 0.2) is 41.7 Å². The first-order valence-corrected chi connectivity index (χ1v) is 7.74. The highest BCUT2D eigenvalue weighted by Gasteiger charge is 2.62. The molecule has 6 nitrogen and oxygen atoms in total. The molecule has 0 spiro atoms. The van der Waals surface area contributed by atoms with Crippen LogP contribution in [0.1, 0.15) is 5.56 Å². The molecule has 2 atom stereocenters. The minimum atomic E-state index is -2.23. The molecule has 1 aromatic carbocycles. The highest BCUT2D eigenvalue weighted by molar-refractivity contribution is 6.68. The molecular formula is C15H13Cl3O6. The van der Waals surface area contributed by atoms with E-state index in [9.17, 15) is 14.7 Å². The summed E-state index contributed by atoms with van der Waals surface area (Å²) in [5, 5.41) is 11.3. The maximum Gasteiger partial charge on any atom is 0.374 e. The Kier molecular flexibility index (Phi) is 5.34. The van der Waals surface area contributed by atoms with E-state index in [4.69, 9.17) is 39.5 Å². The molecule has 1 N–H and O–H groups in total. The molecule has 0 fully saturated rings. The molecule has 1 aromatic rings. The third-order valence-corrected chi connectivity index (χ3v) is 4.09. The van der Waals surface area contributed by atoms with Crippen LogP contribution in [-0.4, -0.2) is 41.2 Å². The molecule has 130 valence electrons. The molecule has 2 rings (SSSR count). The topological polar surface area (TPSA) is 82.1 Å². The van der Waals surface area contributed by atoms with Crippen LogP contribution in [0.4, 0.5) is 0 Å². The highest BCUT2D eigenvalue weighted by Crippen LogP contribution is 2.52. The molecule has 0 aliphatic carbocycles. The summed E-state index contributed by atoms with van der Waals surface area (Å²) < 4.78 is 12.4. The first-order chi connectivity index (χ1) is 11.2. The van der Waals surface area contributed by atoms with Crippen molar-refractivity contribution in [3.63, 3.8) is 0 Å². The Hall–Kier alpha value is -1.47. The van der Waals surface area contributed by atoms with E-state index in [2.05, 4.69) is 9.47 Å². The Morgan fingerprint density at radius 2 is 1.67 bits per heavy atom. The van der Waals surface area contributed by atoms with Gasteiger partial charge in [-0.05, 0) is 5.56 Å². The fourth-order valence-corrected chi connectivity index (χ4v) is 3.06. The summed E-state index contributed by atoms with van der Waals surface area (Å²) in [6.45, 7) is 0. The lowest BCUT2D eigenvalue weighted by Gasteiger charge is -2.34. The molecule has 0 unspecified atom stereocenters. The second-order valence-electron chi connectivity index (χ2n) is 4.86. The summed E-state index contributed by atoms with van der Waals surface area (Å²) in [6.07, 6.45) is -1.58. The van der Waals surface area contributed by atoms with Gasteiger partial charge in [-0.1, -0.05) is 65.1 Å². The van der Waals surface area contributed by atoms with Crippen LogP contribution in [0.25, 0.3) is 0 Å². The smallest absolute Gasteiger partial charge is 0.374 e. The molecule has 0 saturated heterocycles. The van der Waals surface area contributed by atoms with E-state index in [1.165, 1.54) is 12.1 Å². The average molecular weight is 396 g/mol. The van der Waals surface area contributed by atoms with Gasteiger partial charge >= 0.3 is 11.9 Å². The van der Waals surface area contributed by atoms with Crippen LogP contribution < -0.4 is 0 Å². The minimum Gasteiger partial charge on any atom is -0.474 e. The Labute approximate surface area is 152 Å². The standard InChI is InChI=1S/C15H13Cl3O6/c1-22-11(19)9-10(12(20)23-2)24-13(15(16,17)18)14(9,21)8-6-4-3-5-7-8/h3-7,13,21H,1-2H3/t13-,14+/m1/s1. The van der Waals surface area contributed by atoms with Gasteiger partial charge in [0, 0.05) is 0 Å². The number of hydrogen-bond acceptors (Lipinski definition) is 6. The Morgan fingerprint density at radius 1 is 1.12 bits per heavy atom. The highest BCUT2D eigenvalue weighted by atomic mass is 35.6. The number of carbonyl (C=O) groups is 2.